The van der Waals surface area contributed by atoms with Crippen molar-refractivity contribution in [3.63, 3.8) is 0 Å². The second-order valence-electron chi connectivity index (χ2n) is 3.96. The minimum absolute atomic E-state index is 0.0844. The van der Waals surface area contributed by atoms with Gasteiger partial charge in [-0.2, -0.15) is 0 Å². The van der Waals surface area contributed by atoms with Gasteiger partial charge in [0.15, 0.2) is 6.29 Å². The molecule has 0 spiro atoms. The summed E-state index contributed by atoms with van der Waals surface area (Å²) in [5.74, 6) is 1.15. The summed E-state index contributed by atoms with van der Waals surface area (Å²) in [4.78, 5) is 0. The standard InChI is InChI=1S/C9H19NO2S/c1-9(2)6-13-7(10-9)5-8(11-3)12-4/h7-8,10H,5-6H2,1-4H3. The van der Waals surface area contributed by atoms with Gasteiger partial charge in [-0.05, 0) is 13.8 Å². The number of ether oxygens (including phenoxy) is 2. The molecule has 4 heteroatoms. The first kappa shape index (κ1) is 11.3. The molecule has 1 N–H and O–H groups in total. The number of methoxy groups -OCH3 is 2. The van der Waals surface area contributed by atoms with E-state index in [9.17, 15) is 0 Å². The Kier molecular flexibility index (Phi) is 4.04. The summed E-state index contributed by atoms with van der Waals surface area (Å²) >= 11 is 1.94. The molecule has 1 aliphatic heterocycles. The normalized spacial score (nSPS) is 27.0. The molecule has 1 atom stereocenters. The number of hydrogen-bond donors (Lipinski definition) is 1. The lowest BCUT2D eigenvalue weighted by atomic mass is 10.1. The van der Waals surface area contributed by atoms with Crippen LogP contribution in [0.25, 0.3) is 0 Å². The third-order valence-electron chi connectivity index (χ3n) is 2.13. The SMILES string of the molecule is COC(CC1NC(C)(C)CS1)OC. The van der Waals surface area contributed by atoms with E-state index in [-0.39, 0.29) is 11.8 Å². The first-order valence-corrected chi connectivity index (χ1v) is 5.57. The lowest BCUT2D eigenvalue weighted by Gasteiger charge is -2.21. The van der Waals surface area contributed by atoms with E-state index in [1.807, 2.05) is 11.8 Å². The van der Waals surface area contributed by atoms with Gasteiger partial charge in [0.05, 0.1) is 5.37 Å². The van der Waals surface area contributed by atoms with Gasteiger partial charge in [-0.15, -0.1) is 11.8 Å². The Morgan fingerprint density at radius 3 is 2.46 bits per heavy atom. The molecular weight excluding hydrogens is 186 g/mol. The van der Waals surface area contributed by atoms with E-state index in [0.717, 1.165) is 12.2 Å². The lowest BCUT2D eigenvalue weighted by Crippen LogP contribution is -2.40. The van der Waals surface area contributed by atoms with Crippen LogP contribution in [0.15, 0.2) is 0 Å². The van der Waals surface area contributed by atoms with Crippen molar-refractivity contribution in [2.75, 3.05) is 20.0 Å². The topological polar surface area (TPSA) is 30.5 Å². The van der Waals surface area contributed by atoms with E-state index in [1.165, 1.54) is 0 Å². The van der Waals surface area contributed by atoms with Gasteiger partial charge >= 0.3 is 0 Å². The Hall–Kier alpha value is 0.230. The maximum atomic E-state index is 5.15. The molecular formula is C9H19NO2S. The second-order valence-corrected chi connectivity index (χ2v) is 5.16. The number of rotatable bonds is 4. The van der Waals surface area contributed by atoms with Crippen LogP contribution < -0.4 is 5.32 Å². The summed E-state index contributed by atoms with van der Waals surface area (Å²) in [6.45, 7) is 4.43. The molecule has 1 heterocycles. The van der Waals surface area contributed by atoms with Crippen LogP contribution in [0.5, 0.6) is 0 Å². The molecule has 0 aliphatic carbocycles. The molecule has 0 aromatic carbocycles. The highest BCUT2D eigenvalue weighted by Crippen LogP contribution is 2.29. The maximum absolute atomic E-state index is 5.15. The molecule has 1 fully saturated rings. The number of nitrogens with one attached hydrogen (secondary N) is 1. The fraction of sp³-hybridized carbons (Fsp3) is 1.00. The lowest BCUT2D eigenvalue weighted by molar-refractivity contribution is -0.107. The zero-order chi connectivity index (χ0) is 9.90. The van der Waals surface area contributed by atoms with Gasteiger partial charge in [0.25, 0.3) is 0 Å². The van der Waals surface area contributed by atoms with Crippen molar-refractivity contribution in [1.82, 2.24) is 5.32 Å². The monoisotopic (exact) mass is 205 g/mol. The van der Waals surface area contributed by atoms with Gasteiger partial charge in [0.2, 0.25) is 0 Å². The highest BCUT2D eigenvalue weighted by molar-refractivity contribution is 8.00. The first-order valence-electron chi connectivity index (χ1n) is 4.52. The van der Waals surface area contributed by atoms with Gasteiger partial charge in [-0.3, -0.25) is 5.32 Å². The van der Waals surface area contributed by atoms with E-state index in [2.05, 4.69) is 19.2 Å². The molecule has 0 saturated carbocycles. The van der Waals surface area contributed by atoms with Crippen LogP contribution in [0.3, 0.4) is 0 Å². The van der Waals surface area contributed by atoms with Gasteiger partial charge in [0, 0.05) is 31.9 Å². The van der Waals surface area contributed by atoms with Crippen molar-refractivity contribution in [1.29, 1.82) is 0 Å². The maximum Gasteiger partial charge on any atom is 0.159 e. The van der Waals surface area contributed by atoms with Gasteiger partial charge in [0.1, 0.15) is 0 Å². The average molecular weight is 205 g/mol. The highest BCUT2D eigenvalue weighted by atomic mass is 32.2. The van der Waals surface area contributed by atoms with E-state index in [1.54, 1.807) is 14.2 Å². The Morgan fingerprint density at radius 1 is 1.46 bits per heavy atom. The molecule has 1 aliphatic rings. The van der Waals surface area contributed by atoms with Gasteiger partial charge in [-0.1, -0.05) is 0 Å². The Bertz CT molecular complexity index is 160. The van der Waals surface area contributed by atoms with E-state index in [4.69, 9.17) is 9.47 Å². The van der Waals surface area contributed by atoms with Crippen molar-refractivity contribution < 1.29 is 9.47 Å². The predicted octanol–water partition coefficient (Wildman–Crippen LogP) is 1.44. The van der Waals surface area contributed by atoms with Gasteiger partial charge in [-0.25, -0.2) is 0 Å². The van der Waals surface area contributed by atoms with Crippen molar-refractivity contribution in [3.8, 4) is 0 Å². The van der Waals surface area contributed by atoms with Crippen LogP contribution in [0.1, 0.15) is 20.3 Å². The fourth-order valence-electron chi connectivity index (χ4n) is 1.42. The van der Waals surface area contributed by atoms with Crippen LogP contribution in [0.2, 0.25) is 0 Å². The molecule has 0 aromatic heterocycles. The van der Waals surface area contributed by atoms with Crippen molar-refractivity contribution in [2.24, 2.45) is 0 Å². The zero-order valence-corrected chi connectivity index (χ0v) is 9.61. The van der Waals surface area contributed by atoms with E-state index in [0.29, 0.717) is 5.37 Å². The summed E-state index contributed by atoms with van der Waals surface area (Å²) < 4.78 is 10.3. The van der Waals surface area contributed by atoms with Crippen molar-refractivity contribution in [3.05, 3.63) is 0 Å². The molecule has 0 radical (unpaired) electrons. The summed E-state index contributed by atoms with van der Waals surface area (Å²) in [6, 6.07) is 0. The number of thioether (sulfide) groups is 1. The third kappa shape index (κ3) is 3.46. The molecule has 1 rings (SSSR count). The molecule has 0 amide bonds. The smallest absolute Gasteiger partial charge is 0.159 e. The van der Waals surface area contributed by atoms with E-state index < -0.39 is 0 Å². The average Bonchev–Trinajstić information content (AvgIpc) is 2.41. The molecule has 1 saturated heterocycles. The quantitative estimate of drug-likeness (QED) is 0.703. The molecule has 13 heavy (non-hydrogen) atoms. The minimum Gasteiger partial charge on any atom is -0.356 e. The van der Waals surface area contributed by atoms with Crippen molar-refractivity contribution >= 4 is 11.8 Å². The summed E-state index contributed by atoms with van der Waals surface area (Å²) in [6.07, 6.45) is 0.820. The Balaban J connectivity index is 2.31. The predicted molar refractivity (Wildman–Crippen MR) is 55.9 cm³/mol. The van der Waals surface area contributed by atoms with E-state index >= 15 is 0 Å². The Morgan fingerprint density at radius 2 is 2.08 bits per heavy atom. The molecule has 78 valence electrons. The summed E-state index contributed by atoms with van der Waals surface area (Å²) in [5, 5.41) is 3.99. The minimum atomic E-state index is -0.0844. The fourth-order valence-corrected chi connectivity index (χ4v) is 2.82. The molecule has 1 unspecified atom stereocenters. The largest absolute Gasteiger partial charge is 0.356 e. The molecule has 3 nitrogen and oxygen atoms in total. The van der Waals surface area contributed by atoms with Crippen LogP contribution in [0, 0.1) is 0 Å². The Labute approximate surface area is 84.6 Å². The van der Waals surface area contributed by atoms with Crippen LogP contribution in [-0.2, 0) is 9.47 Å². The molecule has 0 bridgehead atoms. The highest BCUT2D eigenvalue weighted by Gasteiger charge is 2.31. The number of hydrogen-bond acceptors (Lipinski definition) is 4. The van der Waals surface area contributed by atoms with Crippen LogP contribution in [-0.4, -0.2) is 37.2 Å². The van der Waals surface area contributed by atoms with Crippen LogP contribution in [0.4, 0.5) is 0 Å². The van der Waals surface area contributed by atoms with Crippen molar-refractivity contribution in [2.45, 2.75) is 37.5 Å². The second kappa shape index (κ2) is 4.64. The summed E-state index contributed by atoms with van der Waals surface area (Å²) in [7, 11) is 3.36. The van der Waals surface area contributed by atoms with Crippen LogP contribution >= 0.6 is 11.8 Å². The first-order chi connectivity index (χ1) is 6.07. The van der Waals surface area contributed by atoms with Gasteiger partial charge < -0.3 is 9.47 Å². The third-order valence-corrected chi connectivity index (χ3v) is 3.73. The molecule has 0 aromatic rings. The summed E-state index contributed by atoms with van der Waals surface area (Å²) in [5.41, 5.74) is 0.251. The zero-order valence-electron chi connectivity index (χ0n) is 8.79.